The first-order chi connectivity index (χ1) is 13.1. The molecule has 0 saturated carbocycles. The van der Waals surface area contributed by atoms with E-state index in [1.54, 1.807) is 11.3 Å². The van der Waals surface area contributed by atoms with Crippen LogP contribution in [0.4, 0.5) is 0 Å². The van der Waals surface area contributed by atoms with E-state index in [0.29, 0.717) is 18.8 Å². The second kappa shape index (κ2) is 7.41. The van der Waals surface area contributed by atoms with Crippen molar-refractivity contribution in [1.82, 2.24) is 9.88 Å². The largest absolute Gasteiger partial charge is 0.347 e. The molecule has 0 aliphatic carbocycles. The Kier molecular flexibility index (Phi) is 4.82. The summed E-state index contributed by atoms with van der Waals surface area (Å²) in [5.41, 5.74) is 6.57. The fourth-order valence-corrected chi connectivity index (χ4v) is 4.25. The van der Waals surface area contributed by atoms with E-state index >= 15 is 0 Å². The topological polar surface area (TPSA) is 34.0 Å². The number of aromatic nitrogens is 1. The maximum absolute atomic E-state index is 12.9. The molecule has 0 radical (unpaired) electrons. The second-order valence-corrected chi connectivity index (χ2v) is 7.89. The van der Waals surface area contributed by atoms with Crippen molar-refractivity contribution in [3.63, 3.8) is 0 Å². The van der Waals surface area contributed by atoms with Crippen molar-refractivity contribution in [2.24, 2.45) is 0 Å². The van der Waals surface area contributed by atoms with Gasteiger partial charge in [0.2, 0.25) is 0 Å². The molecule has 0 spiro atoms. The lowest BCUT2D eigenvalue weighted by Crippen LogP contribution is -2.25. The molecule has 27 heavy (non-hydrogen) atoms. The number of carbonyl (C=O) groups excluding carboxylic acids is 1. The Morgan fingerprint density at radius 2 is 1.67 bits per heavy atom. The lowest BCUT2D eigenvalue weighted by molar-refractivity contribution is 0.0942. The minimum absolute atomic E-state index is 0.0347. The van der Waals surface area contributed by atoms with Crippen LogP contribution in [0.25, 0.3) is 10.2 Å². The molecule has 136 valence electrons. The van der Waals surface area contributed by atoms with Crippen molar-refractivity contribution in [3.05, 3.63) is 94.0 Å². The van der Waals surface area contributed by atoms with Crippen molar-refractivity contribution in [3.8, 4) is 0 Å². The molecule has 0 unspecified atom stereocenters. The Bertz CT molecular complexity index is 1110. The zero-order valence-corrected chi connectivity index (χ0v) is 16.3. The fourth-order valence-electron chi connectivity index (χ4n) is 3.42. The van der Waals surface area contributed by atoms with Crippen LogP contribution in [0.15, 0.2) is 66.0 Å². The van der Waals surface area contributed by atoms with E-state index < -0.39 is 0 Å². The standard InChI is InChI=1S/C23H22N2OS/c1-16-5-3-7-18(11-16)14-24-23(26)21-13-22-20(9-10-27-22)25(21)15-19-8-4-6-17(2)12-19/h3-13H,14-15H2,1-2H3,(H,24,26). The number of benzene rings is 2. The molecule has 0 saturated heterocycles. The third-order valence-electron chi connectivity index (χ3n) is 4.71. The summed E-state index contributed by atoms with van der Waals surface area (Å²) in [6, 6.07) is 20.8. The van der Waals surface area contributed by atoms with E-state index in [1.165, 1.54) is 16.7 Å². The number of hydrogen-bond donors (Lipinski definition) is 1. The highest BCUT2D eigenvalue weighted by atomic mass is 32.1. The van der Waals surface area contributed by atoms with Gasteiger partial charge in [0.25, 0.3) is 5.91 Å². The number of carbonyl (C=O) groups is 1. The van der Waals surface area contributed by atoms with Gasteiger partial charge < -0.3 is 9.88 Å². The Hall–Kier alpha value is -2.85. The molecular formula is C23H22N2OS. The maximum atomic E-state index is 12.9. The molecule has 4 heteroatoms. The van der Waals surface area contributed by atoms with Gasteiger partial charge >= 0.3 is 0 Å². The number of nitrogens with zero attached hydrogens (tertiary/aromatic N) is 1. The maximum Gasteiger partial charge on any atom is 0.268 e. The van der Waals surface area contributed by atoms with Crippen LogP contribution in [0.1, 0.15) is 32.7 Å². The van der Waals surface area contributed by atoms with Crippen LogP contribution in [0, 0.1) is 13.8 Å². The molecule has 0 bridgehead atoms. The van der Waals surface area contributed by atoms with Gasteiger partial charge in [0.05, 0.1) is 10.2 Å². The summed E-state index contributed by atoms with van der Waals surface area (Å²) in [4.78, 5) is 12.9. The van der Waals surface area contributed by atoms with Gasteiger partial charge in [-0.2, -0.15) is 0 Å². The highest BCUT2D eigenvalue weighted by Gasteiger charge is 2.16. The van der Waals surface area contributed by atoms with E-state index in [0.717, 1.165) is 15.8 Å². The van der Waals surface area contributed by atoms with Crippen LogP contribution in [-0.4, -0.2) is 10.5 Å². The fraction of sp³-hybridized carbons (Fsp3) is 0.174. The Morgan fingerprint density at radius 1 is 0.963 bits per heavy atom. The van der Waals surface area contributed by atoms with Crippen molar-refractivity contribution >= 4 is 27.5 Å². The van der Waals surface area contributed by atoms with Crippen LogP contribution < -0.4 is 5.32 Å². The first-order valence-electron chi connectivity index (χ1n) is 9.06. The van der Waals surface area contributed by atoms with Crippen molar-refractivity contribution in [1.29, 1.82) is 0 Å². The van der Waals surface area contributed by atoms with Gasteiger partial charge in [0, 0.05) is 13.1 Å². The normalized spacial score (nSPS) is 11.0. The number of fused-ring (bicyclic) bond motifs is 1. The predicted octanol–water partition coefficient (Wildman–Crippen LogP) is 5.30. The van der Waals surface area contributed by atoms with E-state index in [-0.39, 0.29) is 5.91 Å². The zero-order valence-electron chi connectivity index (χ0n) is 15.5. The van der Waals surface area contributed by atoms with Gasteiger partial charge in [-0.05, 0) is 42.5 Å². The van der Waals surface area contributed by atoms with E-state index in [1.807, 2.05) is 18.2 Å². The van der Waals surface area contributed by atoms with Crippen molar-refractivity contribution in [2.75, 3.05) is 0 Å². The van der Waals surface area contributed by atoms with Gasteiger partial charge in [0.15, 0.2) is 0 Å². The second-order valence-electron chi connectivity index (χ2n) is 6.95. The molecule has 0 aliphatic heterocycles. The number of thiophene rings is 1. The molecular weight excluding hydrogens is 352 g/mol. The highest BCUT2D eigenvalue weighted by Crippen LogP contribution is 2.26. The van der Waals surface area contributed by atoms with Gasteiger partial charge in [-0.25, -0.2) is 0 Å². The van der Waals surface area contributed by atoms with Crippen molar-refractivity contribution < 1.29 is 4.79 Å². The van der Waals surface area contributed by atoms with Crippen molar-refractivity contribution in [2.45, 2.75) is 26.9 Å². The smallest absolute Gasteiger partial charge is 0.268 e. The summed E-state index contributed by atoms with van der Waals surface area (Å²) in [6.07, 6.45) is 0. The Balaban J connectivity index is 1.61. The predicted molar refractivity (Wildman–Crippen MR) is 112 cm³/mol. The molecule has 3 nitrogen and oxygen atoms in total. The molecule has 0 atom stereocenters. The number of rotatable bonds is 5. The van der Waals surface area contributed by atoms with Crippen LogP contribution in [-0.2, 0) is 13.1 Å². The lowest BCUT2D eigenvalue weighted by Gasteiger charge is -2.12. The first-order valence-corrected chi connectivity index (χ1v) is 9.94. The molecule has 2 aromatic carbocycles. The monoisotopic (exact) mass is 374 g/mol. The number of amides is 1. The number of hydrogen-bond acceptors (Lipinski definition) is 2. The molecule has 4 aromatic rings. The van der Waals surface area contributed by atoms with E-state index in [9.17, 15) is 4.79 Å². The zero-order chi connectivity index (χ0) is 18.8. The van der Waals surface area contributed by atoms with Crippen LogP contribution in [0.3, 0.4) is 0 Å². The molecule has 1 N–H and O–H groups in total. The van der Waals surface area contributed by atoms with Gasteiger partial charge in [-0.15, -0.1) is 11.3 Å². The van der Waals surface area contributed by atoms with Crippen LogP contribution in [0.5, 0.6) is 0 Å². The Labute approximate surface area is 163 Å². The lowest BCUT2D eigenvalue weighted by atomic mass is 10.1. The molecule has 0 aliphatic rings. The van der Waals surface area contributed by atoms with Gasteiger partial charge in [-0.3, -0.25) is 4.79 Å². The van der Waals surface area contributed by atoms with E-state index in [4.69, 9.17) is 0 Å². The minimum Gasteiger partial charge on any atom is -0.347 e. The van der Waals surface area contributed by atoms with Crippen LogP contribution >= 0.6 is 11.3 Å². The third-order valence-corrected chi connectivity index (χ3v) is 5.57. The SMILES string of the molecule is Cc1cccc(CNC(=O)c2cc3sccc3n2Cc2cccc(C)c2)c1. The molecule has 2 heterocycles. The first kappa shape index (κ1) is 17.6. The Morgan fingerprint density at radius 3 is 2.41 bits per heavy atom. The summed E-state index contributed by atoms with van der Waals surface area (Å²) in [5.74, 6) is -0.0347. The third kappa shape index (κ3) is 3.81. The number of nitrogens with one attached hydrogen (secondary N) is 1. The van der Waals surface area contributed by atoms with Gasteiger partial charge in [0.1, 0.15) is 5.69 Å². The molecule has 2 aromatic heterocycles. The summed E-state index contributed by atoms with van der Waals surface area (Å²) < 4.78 is 3.26. The highest BCUT2D eigenvalue weighted by molar-refractivity contribution is 7.17. The summed E-state index contributed by atoms with van der Waals surface area (Å²) >= 11 is 1.67. The molecule has 4 rings (SSSR count). The molecule has 0 fully saturated rings. The summed E-state index contributed by atoms with van der Waals surface area (Å²) in [7, 11) is 0. The molecule has 1 amide bonds. The average molecular weight is 375 g/mol. The average Bonchev–Trinajstić information content (AvgIpc) is 3.23. The van der Waals surface area contributed by atoms with E-state index in [2.05, 4.69) is 71.6 Å². The quantitative estimate of drug-likeness (QED) is 0.505. The summed E-state index contributed by atoms with van der Waals surface area (Å²) in [6.45, 7) is 5.38. The number of aryl methyl sites for hydroxylation is 2. The minimum atomic E-state index is -0.0347. The van der Waals surface area contributed by atoms with Gasteiger partial charge in [-0.1, -0.05) is 59.7 Å². The van der Waals surface area contributed by atoms with Crippen LogP contribution in [0.2, 0.25) is 0 Å². The summed E-state index contributed by atoms with van der Waals surface area (Å²) in [5, 5.41) is 5.15.